The van der Waals surface area contributed by atoms with Gasteiger partial charge in [0.25, 0.3) is 10.2 Å². The molecule has 1 fully saturated rings. The Balaban J connectivity index is 1.51. The molecule has 2 aromatic carbocycles. The highest BCUT2D eigenvalue weighted by Crippen LogP contribution is 2.32. The van der Waals surface area contributed by atoms with Crippen LogP contribution in [0.5, 0.6) is 5.75 Å². The Labute approximate surface area is 178 Å². The molecular weight excluding hydrogens is 402 g/mol. The molecule has 2 heterocycles. The van der Waals surface area contributed by atoms with Gasteiger partial charge in [-0.2, -0.15) is 17.0 Å². The largest absolute Gasteiger partial charge is 0.490 e. The predicted molar refractivity (Wildman–Crippen MR) is 116 cm³/mol. The van der Waals surface area contributed by atoms with Crippen molar-refractivity contribution in [2.45, 2.75) is 26.8 Å². The highest BCUT2D eigenvalue weighted by Gasteiger charge is 2.36. The van der Waals surface area contributed by atoms with Gasteiger partial charge in [0.05, 0.1) is 18.8 Å². The molecule has 160 valence electrons. The van der Waals surface area contributed by atoms with Gasteiger partial charge in [-0.3, -0.25) is 4.79 Å². The summed E-state index contributed by atoms with van der Waals surface area (Å²) in [4.78, 5) is 14.7. The molecule has 0 saturated carbocycles. The van der Waals surface area contributed by atoms with E-state index in [1.807, 2.05) is 56.3 Å². The van der Waals surface area contributed by atoms with Crippen LogP contribution in [0.2, 0.25) is 0 Å². The SMILES string of the molecule is Cc1cccc(CN2CCCN(CC(=O)N3CCOc4ccc(C)cc43)S2(=O)=O)c1. The molecule has 0 aliphatic carbocycles. The van der Waals surface area contributed by atoms with Crippen LogP contribution in [-0.2, 0) is 21.5 Å². The Hall–Kier alpha value is -2.42. The van der Waals surface area contributed by atoms with Crippen LogP contribution < -0.4 is 9.64 Å². The molecule has 0 radical (unpaired) electrons. The average molecular weight is 430 g/mol. The molecule has 2 aromatic rings. The van der Waals surface area contributed by atoms with Gasteiger partial charge in [-0.1, -0.05) is 35.9 Å². The summed E-state index contributed by atoms with van der Waals surface area (Å²) in [7, 11) is -3.71. The Morgan fingerprint density at radius 2 is 1.77 bits per heavy atom. The zero-order valence-corrected chi connectivity index (χ0v) is 18.2. The summed E-state index contributed by atoms with van der Waals surface area (Å²) in [6.45, 7) is 5.71. The number of fused-ring (bicyclic) bond motifs is 1. The third-order valence-corrected chi connectivity index (χ3v) is 7.43. The fraction of sp³-hybridized carbons (Fsp3) is 0.409. The van der Waals surface area contributed by atoms with Crippen LogP contribution in [0.25, 0.3) is 0 Å². The molecule has 0 spiro atoms. The third-order valence-electron chi connectivity index (χ3n) is 5.50. The summed E-state index contributed by atoms with van der Waals surface area (Å²) in [6.07, 6.45) is 0.692. The zero-order chi connectivity index (χ0) is 21.3. The maximum atomic E-state index is 13.2. The summed E-state index contributed by atoms with van der Waals surface area (Å²) >= 11 is 0. The van der Waals surface area contributed by atoms with Crippen LogP contribution in [0.15, 0.2) is 42.5 Å². The van der Waals surface area contributed by atoms with E-state index >= 15 is 0 Å². The standard InChI is InChI=1S/C22H27N3O4S/c1-17-5-3-6-19(13-17)15-23-9-4-10-24(30(23,27)28)16-22(26)25-11-12-29-21-8-7-18(2)14-20(21)25/h3,5-8,13-14H,4,9-12,15-16H2,1-2H3. The van der Waals surface area contributed by atoms with Crippen molar-refractivity contribution in [3.63, 3.8) is 0 Å². The average Bonchev–Trinajstić information content (AvgIpc) is 2.70. The number of benzene rings is 2. The van der Waals surface area contributed by atoms with E-state index in [4.69, 9.17) is 4.74 Å². The van der Waals surface area contributed by atoms with E-state index in [1.165, 1.54) is 8.61 Å². The highest BCUT2D eigenvalue weighted by atomic mass is 32.2. The van der Waals surface area contributed by atoms with Crippen LogP contribution in [0.1, 0.15) is 23.1 Å². The molecule has 7 nitrogen and oxygen atoms in total. The summed E-state index contributed by atoms with van der Waals surface area (Å²) in [5.74, 6) is 0.425. The fourth-order valence-corrected chi connectivity index (χ4v) is 5.61. The van der Waals surface area contributed by atoms with Crippen LogP contribution in [0.3, 0.4) is 0 Å². The normalized spacial score (nSPS) is 19.2. The Morgan fingerprint density at radius 3 is 2.57 bits per heavy atom. The molecule has 0 N–H and O–H groups in total. The molecule has 1 saturated heterocycles. The molecule has 2 aliphatic rings. The van der Waals surface area contributed by atoms with Gasteiger partial charge in [-0.15, -0.1) is 0 Å². The van der Waals surface area contributed by atoms with Crippen molar-refractivity contribution < 1.29 is 17.9 Å². The highest BCUT2D eigenvalue weighted by molar-refractivity contribution is 7.86. The van der Waals surface area contributed by atoms with Gasteiger partial charge in [-0.05, 0) is 43.5 Å². The number of hydrogen-bond acceptors (Lipinski definition) is 4. The number of nitrogens with zero attached hydrogens (tertiary/aromatic N) is 3. The van der Waals surface area contributed by atoms with E-state index in [0.717, 1.165) is 16.7 Å². The molecule has 4 rings (SSSR count). The second-order valence-electron chi connectivity index (χ2n) is 7.88. The van der Waals surface area contributed by atoms with Crippen molar-refractivity contribution in [2.75, 3.05) is 37.7 Å². The quantitative estimate of drug-likeness (QED) is 0.749. The van der Waals surface area contributed by atoms with Crippen molar-refractivity contribution in [2.24, 2.45) is 0 Å². The number of amides is 1. The van der Waals surface area contributed by atoms with Crippen molar-refractivity contribution in [3.8, 4) is 5.75 Å². The molecule has 1 amide bonds. The van der Waals surface area contributed by atoms with Crippen LogP contribution in [0.4, 0.5) is 5.69 Å². The first-order valence-corrected chi connectivity index (χ1v) is 11.6. The van der Waals surface area contributed by atoms with Crippen molar-refractivity contribution >= 4 is 21.8 Å². The van der Waals surface area contributed by atoms with E-state index in [1.54, 1.807) is 4.90 Å². The number of ether oxygens (including phenoxy) is 1. The van der Waals surface area contributed by atoms with Crippen molar-refractivity contribution in [1.29, 1.82) is 0 Å². The lowest BCUT2D eigenvalue weighted by molar-refractivity contribution is -0.119. The van der Waals surface area contributed by atoms with Gasteiger partial charge in [-0.25, -0.2) is 0 Å². The fourth-order valence-electron chi connectivity index (χ4n) is 3.98. The van der Waals surface area contributed by atoms with E-state index in [-0.39, 0.29) is 12.5 Å². The van der Waals surface area contributed by atoms with Gasteiger partial charge < -0.3 is 9.64 Å². The summed E-state index contributed by atoms with van der Waals surface area (Å²) in [5.41, 5.74) is 3.77. The number of aryl methyl sites for hydroxylation is 2. The monoisotopic (exact) mass is 429 g/mol. The zero-order valence-electron chi connectivity index (χ0n) is 17.4. The molecule has 0 atom stereocenters. The molecule has 0 unspecified atom stereocenters. The molecular formula is C22H27N3O4S. The third kappa shape index (κ3) is 4.21. The number of carbonyl (C=O) groups excluding carboxylic acids is 1. The molecule has 0 aromatic heterocycles. The summed E-state index contributed by atoms with van der Waals surface area (Å²) < 4.78 is 34.8. The first kappa shape index (κ1) is 20.8. The maximum Gasteiger partial charge on any atom is 0.282 e. The minimum Gasteiger partial charge on any atom is -0.490 e. The van der Waals surface area contributed by atoms with E-state index in [0.29, 0.717) is 50.6 Å². The topological polar surface area (TPSA) is 70.2 Å². The van der Waals surface area contributed by atoms with Crippen molar-refractivity contribution in [1.82, 2.24) is 8.61 Å². The van der Waals surface area contributed by atoms with Crippen LogP contribution in [-0.4, -0.2) is 55.7 Å². The lowest BCUT2D eigenvalue weighted by Gasteiger charge is -2.36. The van der Waals surface area contributed by atoms with Crippen LogP contribution >= 0.6 is 0 Å². The van der Waals surface area contributed by atoms with Gasteiger partial charge in [0, 0.05) is 19.6 Å². The molecule has 8 heteroatoms. The lowest BCUT2D eigenvalue weighted by Crippen LogP contribution is -2.53. The predicted octanol–water partition coefficient (Wildman–Crippen LogP) is 2.48. The summed E-state index contributed by atoms with van der Waals surface area (Å²) in [6, 6.07) is 13.5. The number of hydrogen-bond donors (Lipinski definition) is 0. The van der Waals surface area contributed by atoms with Crippen LogP contribution in [0, 0.1) is 13.8 Å². The van der Waals surface area contributed by atoms with Gasteiger partial charge in [0.2, 0.25) is 5.91 Å². The minimum absolute atomic E-state index is 0.167. The van der Waals surface area contributed by atoms with Gasteiger partial charge >= 0.3 is 0 Å². The second-order valence-corrected chi connectivity index (χ2v) is 9.81. The number of carbonyl (C=O) groups is 1. The molecule has 30 heavy (non-hydrogen) atoms. The lowest BCUT2D eigenvalue weighted by atomic mass is 10.1. The number of rotatable bonds is 4. The first-order chi connectivity index (χ1) is 14.3. The molecule has 0 bridgehead atoms. The second kappa shape index (κ2) is 8.37. The van der Waals surface area contributed by atoms with Gasteiger partial charge in [0.1, 0.15) is 12.4 Å². The maximum absolute atomic E-state index is 13.2. The first-order valence-electron chi connectivity index (χ1n) is 10.2. The Morgan fingerprint density at radius 1 is 1.00 bits per heavy atom. The van der Waals surface area contributed by atoms with Gasteiger partial charge in [0.15, 0.2) is 0 Å². The Bertz CT molecular complexity index is 1050. The smallest absolute Gasteiger partial charge is 0.282 e. The van der Waals surface area contributed by atoms with E-state index in [2.05, 4.69) is 0 Å². The van der Waals surface area contributed by atoms with Crippen molar-refractivity contribution in [3.05, 3.63) is 59.2 Å². The Kier molecular flexibility index (Phi) is 5.81. The molecule has 2 aliphatic heterocycles. The summed E-state index contributed by atoms with van der Waals surface area (Å²) in [5, 5.41) is 0. The van der Waals surface area contributed by atoms with E-state index < -0.39 is 10.2 Å². The minimum atomic E-state index is -3.71. The van der Waals surface area contributed by atoms with E-state index in [9.17, 15) is 13.2 Å². The number of anilines is 1.